The number of ether oxygens (including phenoxy) is 2. The highest BCUT2D eigenvalue weighted by atomic mass is 16.5. The van der Waals surface area contributed by atoms with Crippen molar-refractivity contribution in [3.63, 3.8) is 0 Å². The van der Waals surface area contributed by atoms with Gasteiger partial charge in [-0.3, -0.25) is 9.38 Å². The summed E-state index contributed by atoms with van der Waals surface area (Å²) < 4.78 is 14.1. The van der Waals surface area contributed by atoms with E-state index in [1.54, 1.807) is 0 Å². The topological polar surface area (TPSA) is 68.0 Å². The zero-order valence-corrected chi connectivity index (χ0v) is 22.6. The molecule has 2 atom stereocenters. The van der Waals surface area contributed by atoms with E-state index < -0.39 is 0 Å². The standard InChI is InChI=1S/C29H38N6O2/c1-6-33(7-2)13-8-14-36-28-12-10-24(16-31-28)23-9-11-25-26(15-23)35-27(17-30-25)22(5)32-29(35)34-18-20(3)37-21(4)19-34/h9-12,15-17,20-21H,6-8,13-14,18-19H2,1-5H3/t20-,21+. The highest BCUT2D eigenvalue weighted by Gasteiger charge is 2.26. The molecule has 1 aliphatic rings. The van der Waals surface area contributed by atoms with Crippen LogP contribution < -0.4 is 9.64 Å². The Morgan fingerprint density at radius 1 is 0.973 bits per heavy atom. The van der Waals surface area contributed by atoms with Gasteiger partial charge in [0.2, 0.25) is 11.8 Å². The third-order valence-corrected chi connectivity index (χ3v) is 7.16. The van der Waals surface area contributed by atoms with Crippen LogP contribution in [0.4, 0.5) is 5.95 Å². The van der Waals surface area contributed by atoms with Crippen LogP contribution >= 0.6 is 0 Å². The van der Waals surface area contributed by atoms with Crippen molar-refractivity contribution < 1.29 is 9.47 Å². The van der Waals surface area contributed by atoms with E-state index in [-0.39, 0.29) is 12.2 Å². The molecule has 37 heavy (non-hydrogen) atoms. The quantitative estimate of drug-likeness (QED) is 0.299. The van der Waals surface area contributed by atoms with Gasteiger partial charge in [-0.25, -0.2) is 9.97 Å². The second-order valence-corrected chi connectivity index (χ2v) is 9.96. The second kappa shape index (κ2) is 11.0. The van der Waals surface area contributed by atoms with Gasteiger partial charge >= 0.3 is 0 Å². The summed E-state index contributed by atoms with van der Waals surface area (Å²) in [6.45, 7) is 16.2. The van der Waals surface area contributed by atoms with E-state index in [1.807, 2.05) is 25.4 Å². The molecule has 4 heterocycles. The molecule has 8 nitrogen and oxygen atoms in total. The average molecular weight is 503 g/mol. The number of rotatable bonds is 9. The second-order valence-electron chi connectivity index (χ2n) is 9.96. The van der Waals surface area contributed by atoms with E-state index in [0.29, 0.717) is 12.5 Å². The number of aromatic nitrogens is 4. The van der Waals surface area contributed by atoms with Crippen molar-refractivity contribution in [1.82, 2.24) is 24.3 Å². The summed E-state index contributed by atoms with van der Waals surface area (Å²) in [6.07, 6.45) is 5.12. The first-order valence-corrected chi connectivity index (χ1v) is 13.5. The van der Waals surface area contributed by atoms with Crippen molar-refractivity contribution in [2.24, 2.45) is 0 Å². The van der Waals surface area contributed by atoms with Gasteiger partial charge in [0.25, 0.3) is 0 Å². The first-order valence-electron chi connectivity index (χ1n) is 13.5. The van der Waals surface area contributed by atoms with Gasteiger partial charge in [0.05, 0.1) is 47.3 Å². The first-order chi connectivity index (χ1) is 18.0. The number of anilines is 1. The van der Waals surface area contributed by atoms with Crippen molar-refractivity contribution in [2.45, 2.75) is 53.2 Å². The normalized spacial score (nSPS) is 18.3. The van der Waals surface area contributed by atoms with Gasteiger partial charge in [-0.15, -0.1) is 0 Å². The molecule has 5 rings (SSSR count). The number of imidazole rings is 1. The summed E-state index contributed by atoms with van der Waals surface area (Å²) in [5.74, 6) is 1.61. The molecule has 0 N–H and O–H groups in total. The first kappa shape index (κ1) is 25.4. The van der Waals surface area contributed by atoms with Crippen LogP contribution in [0.1, 0.15) is 39.8 Å². The average Bonchev–Trinajstić information content (AvgIpc) is 3.25. The van der Waals surface area contributed by atoms with Crippen molar-refractivity contribution in [2.75, 3.05) is 44.2 Å². The summed E-state index contributed by atoms with van der Waals surface area (Å²) in [7, 11) is 0. The lowest BCUT2D eigenvalue weighted by molar-refractivity contribution is -0.00573. The molecule has 0 spiro atoms. The third-order valence-electron chi connectivity index (χ3n) is 7.16. The van der Waals surface area contributed by atoms with E-state index in [1.165, 1.54) is 0 Å². The maximum atomic E-state index is 5.97. The van der Waals surface area contributed by atoms with E-state index in [4.69, 9.17) is 19.4 Å². The Morgan fingerprint density at radius 2 is 1.73 bits per heavy atom. The van der Waals surface area contributed by atoms with Crippen LogP contribution in [0.5, 0.6) is 5.88 Å². The Morgan fingerprint density at radius 3 is 2.43 bits per heavy atom. The lowest BCUT2D eigenvalue weighted by Crippen LogP contribution is -2.46. The summed E-state index contributed by atoms with van der Waals surface area (Å²) in [5.41, 5.74) is 6.10. The lowest BCUT2D eigenvalue weighted by atomic mass is 10.1. The van der Waals surface area contributed by atoms with Crippen LogP contribution in [0.3, 0.4) is 0 Å². The van der Waals surface area contributed by atoms with Gasteiger partial charge in [-0.2, -0.15) is 0 Å². The monoisotopic (exact) mass is 502 g/mol. The number of morpholine rings is 1. The number of nitrogens with zero attached hydrogens (tertiary/aromatic N) is 6. The molecule has 196 valence electrons. The highest BCUT2D eigenvalue weighted by Crippen LogP contribution is 2.30. The summed E-state index contributed by atoms with van der Waals surface area (Å²) in [4.78, 5) is 19.0. The molecule has 0 saturated carbocycles. The van der Waals surface area contributed by atoms with Gasteiger partial charge in [-0.1, -0.05) is 19.9 Å². The van der Waals surface area contributed by atoms with Crippen molar-refractivity contribution in [1.29, 1.82) is 0 Å². The molecule has 1 fully saturated rings. The zero-order valence-electron chi connectivity index (χ0n) is 22.6. The fourth-order valence-corrected chi connectivity index (χ4v) is 5.23. The van der Waals surface area contributed by atoms with Gasteiger partial charge in [0, 0.05) is 37.5 Å². The Labute approximate surface area is 219 Å². The number of pyridine rings is 1. The molecule has 1 aromatic carbocycles. The van der Waals surface area contributed by atoms with Crippen molar-refractivity contribution in [3.8, 4) is 17.0 Å². The minimum atomic E-state index is 0.157. The van der Waals surface area contributed by atoms with E-state index in [9.17, 15) is 0 Å². The van der Waals surface area contributed by atoms with Crippen LogP contribution in [0.25, 0.3) is 27.7 Å². The molecule has 4 aromatic rings. The lowest BCUT2D eigenvalue weighted by Gasteiger charge is -2.35. The van der Waals surface area contributed by atoms with Gasteiger partial charge in [0.1, 0.15) is 0 Å². The van der Waals surface area contributed by atoms with Crippen LogP contribution in [0.2, 0.25) is 0 Å². The molecular formula is C29H38N6O2. The SMILES string of the molecule is CCN(CC)CCCOc1ccc(-c2ccc3ncc4c(C)nc(N5C[C@@H](C)O[C@@H](C)C5)n4c3c2)cn1. The van der Waals surface area contributed by atoms with Crippen LogP contribution in [0.15, 0.2) is 42.7 Å². The number of fused-ring (bicyclic) bond motifs is 3. The molecular weight excluding hydrogens is 464 g/mol. The number of hydrogen-bond acceptors (Lipinski definition) is 7. The molecule has 0 radical (unpaired) electrons. The molecule has 1 saturated heterocycles. The Balaban J connectivity index is 1.41. The van der Waals surface area contributed by atoms with E-state index in [2.05, 4.69) is 71.1 Å². The van der Waals surface area contributed by atoms with Gasteiger partial charge < -0.3 is 19.3 Å². The predicted octanol–water partition coefficient (Wildman–Crippen LogP) is 4.98. The van der Waals surface area contributed by atoms with Crippen LogP contribution in [-0.4, -0.2) is 75.8 Å². The zero-order chi connectivity index (χ0) is 25.9. The molecule has 8 heteroatoms. The van der Waals surface area contributed by atoms with Crippen molar-refractivity contribution >= 4 is 22.5 Å². The smallest absolute Gasteiger partial charge is 0.213 e. The minimum Gasteiger partial charge on any atom is -0.478 e. The van der Waals surface area contributed by atoms with Crippen molar-refractivity contribution in [3.05, 3.63) is 48.4 Å². The molecule has 1 aliphatic heterocycles. The predicted molar refractivity (Wildman–Crippen MR) is 149 cm³/mol. The molecule has 0 amide bonds. The van der Waals surface area contributed by atoms with E-state index in [0.717, 1.165) is 78.5 Å². The largest absolute Gasteiger partial charge is 0.478 e. The maximum absolute atomic E-state index is 5.97. The minimum absolute atomic E-state index is 0.157. The number of hydrogen-bond donors (Lipinski definition) is 0. The Bertz CT molecular complexity index is 1340. The maximum Gasteiger partial charge on any atom is 0.213 e. The fourth-order valence-electron chi connectivity index (χ4n) is 5.23. The van der Waals surface area contributed by atoms with Gasteiger partial charge in [0.15, 0.2) is 0 Å². The summed E-state index contributed by atoms with van der Waals surface area (Å²) in [5, 5.41) is 0. The molecule has 0 unspecified atom stereocenters. The summed E-state index contributed by atoms with van der Waals surface area (Å²) >= 11 is 0. The molecule has 3 aromatic heterocycles. The molecule has 0 bridgehead atoms. The number of aryl methyl sites for hydroxylation is 1. The summed E-state index contributed by atoms with van der Waals surface area (Å²) in [6, 6.07) is 10.4. The Hall–Kier alpha value is -3.23. The van der Waals surface area contributed by atoms with Crippen LogP contribution in [0, 0.1) is 6.92 Å². The fraction of sp³-hybridized carbons (Fsp3) is 0.483. The van der Waals surface area contributed by atoms with Gasteiger partial charge in [-0.05, 0) is 64.0 Å². The van der Waals surface area contributed by atoms with Crippen LogP contribution in [-0.2, 0) is 4.74 Å². The Kier molecular flexibility index (Phi) is 7.58. The molecule has 0 aliphatic carbocycles. The third kappa shape index (κ3) is 5.40. The van der Waals surface area contributed by atoms with E-state index >= 15 is 0 Å². The highest BCUT2D eigenvalue weighted by molar-refractivity contribution is 5.85. The number of benzene rings is 1.